The van der Waals surface area contributed by atoms with E-state index in [2.05, 4.69) is 37.2 Å². The Labute approximate surface area is 81.1 Å². The van der Waals surface area contributed by atoms with Crippen LogP contribution in [0.25, 0.3) is 0 Å². The molecule has 0 N–H and O–H groups in total. The first kappa shape index (κ1) is 9.26. The van der Waals surface area contributed by atoms with Gasteiger partial charge in [0.05, 0.1) is 0 Å². The Balaban J connectivity index is 0.000000490. The van der Waals surface area contributed by atoms with E-state index in [1.807, 2.05) is 6.07 Å². The van der Waals surface area contributed by atoms with Crippen LogP contribution < -0.4 is 18.9 Å². The second-order valence-electron chi connectivity index (χ2n) is 1.00. The van der Waals surface area contributed by atoms with Gasteiger partial charge in [0.15, 0.2) is 0 Å². The summed E-state index contributed by atoms with van der Waals surface area (Å²) >= 11 is 8.10. The van der Waals surface area contributed by atoms with Gasteiger partial charge >= 0.3 is 18.9 Å². The van der Waals surface area contributed by atoms with Crippen molar-refractivity contribution in [2.45, 2.75) is 0 Å². The molecule has 0 radical (unpaired) electrons. The van der Waals surface area contributed by atoms with E-state index in [-0.39, 0.29) is 18.9 Å². The molecule has 0 nitrogen and oxygen atoms in total. The predicted octanol–water partition coefficient (Wildman–Crippen LogP) is 0.0773. The standard InChI is InChI=1S/C4HBr2S.Li/c5-3-1-4(6)7-2-3;/h1H;/q-1;+1. The summed E-state index contributed by atoms with van der Waals surface area (Å²) in [4.78, 5) is 0. The molecule has 1 rings (SSSR count). The van der Waals surface area contributed by atoms with Gasteiger partial charge in [0, 0.05) is 0 Å². The zero-order chi connectivity index (χ0) is 5.28. The summed E-state index contributed by atoms with van der Waals surface area (Å²) in [7, 11) is 0. The zero-order valence-corrected chi connectivity index (χ0v) is 8.23. The molecule has 4 heteroatoms. The third kappa shape index (κ3) is 2.70. The molecule has 8 heavy (non-hydrogen) atoms. The number of thiophene rings is 1. The van der Waals surface area contributed by atoms with Crippen molar-refractivity contribution < 1.29 is 18.9 Å². The summed E-state index contributed by atoms with van der Waals surface area (Å²) in [6.07, 6.45) is 0. The van der Waals surface area contributed by atoms with Crippen molar-refractivity contribution in [3.63, 3.8) is 0 Å². The van der Waals surface area contributed by atoms with E-state index in [1.165, 1.54) is 0 Å². The van der Waals surface area contributed by atoms with Crippen LogP contribution in [-0.2, 0) is 0 Å². The van der Waals surface area contributed by atoms with Gasteiger partial charge in [-0.1, -0.05) is 24.2 Å². The smallest absolute Gasteiger partial charge is 0.288 e. The largest absolute Gasteiger partial charge is 1.00 e. The minimum absolute atomic E-state index is 0. The molecule has 1 aromatic rings. The molecule has 0 aliphatic rings. The summed E-state index contributed by atoms with van der Waals surface area (Å²) < 4.78 is 2.13. The molecule has 0 unspecified atom stereocenters. The number of rotatable bonds is 0. The first-order valence-corrected chi connectivity index (χ1v) is 4.02. The van der Waals surface area contributed by atoms with Crippen molar-refractivity contribution in [3.05, 3.63) is 19.7 Å². The van der Waals surface area contributed by atoms with Gasteiger partial charge in [-0.05, 0) is 0 Å². The Morgan fingerprint density at radius 2 is 2.12 bits per heavy atom. The maximum Gasteiger partial charge on any atom is 1.00 e. The average Bonchev–Trinajstić information content (AvgIpc) is 1.87. The van der Waals surface area contributed by atoms with Crippen LogP contribution >= 0.6 is 43.2 Å². The summed E-state index contributed by atoms with van der Waals surface area (Å²) in [5.41, 5.74) is 0. The molecule has 0 spiro atoms. The van der Waals surface area contributed by atoms with Gasteiger partial charge < -0.3 is 0 Å². The molecule has 0 aliphatic carbocycles. The van der Waals surface area contributed by atoms with Crippen LogP contribution in [0.2, 0.25) is 0 Å². The van der Waals surface area contributed by atoms with Crippen LogP contribution in [0.1, 0.15) is 0 Å². The Morgan fingerprint density at radius 1 is 1.50 bits per heavy atom. The molecule has 0 aliphatic heterocycles. The zero-order valence-electron chi connectivity index (χ0n) is 4.24. The minimum atomic E-state index is 0. The first-order valence-electron chi connectivity index (χ1n) is 1.61. The van der Waals surface area contributed by atoms with Gasteiger partial charge in [-0.15, -0.1) is 21.3 Å². The van der Waals surface area contributed by atoms with E-state index >= 15 is 0 Å². The third-order valence-corrected chi connectivity index (χ3v) is 2.53. The van der Waals surface area contributed by atoms with Crippen molar-refractivity contribution in [1.82, 2.24) is 0 Å². The third-order valence-electron chi connectivity index (χ3n) is 0.486. The SMILES string of the molecule is Brc1[c-]sc(Br)c1.[Li+]. The molecule has 0 fully saturated rings. The Bertz CT molecular complexity index is 146. The van der Waals surface area contributed by atoms with E-state index in [1.54, 1.807) is 11.3 Å². The van der Waals surface area contributed by atoms with Crippen molar-refractivity contribution in [3.8, 4) is 0 Å². The quantitative estimate of drug-likeness (QED) is 0.450. The molecule has 38 valence electrons. The van der Waals surface area contributed by atoms with Crippen molar-refractivity contribution in [2.24, 2.45) is 0 Å². The van der Waals surface area contributed by atoms with Gasteiger partial charge in [0.25, 0.3) is 0 Å². The van der Waals surface area contributed by atoms with Gasteiger partial charge in [-0.2, -0.15) is 6.07 Å². The number of hydrogen-bond acceptors (Lipinski definition) is 1. The van der Waals surface area contributed by atoms with Gasteiger partial charge in [0.1, 0.15) is 0 Å². The van der Waals surface area contributed by atoms with E-state index in [9.17, 15) is 0 Å². The van der Waals surface area contributed by atoms with Crippen LogP contribution in [0, 0.1) is 5.38 Å². The molecule has 0 aromatic carbocycles. The van der Waals surface area contributed by atoms with Crippen LogP contribution in [0.4, 0.5) is 0 Å². The van der Waals surface area contributed by atoms with Crippen molar-refractivity contribution in [1.29, 1.82) is 0 Å². The molecule has 0 bridgehead atoms. The van der Waals surface area contributed by atoms with Crippen LogP contribution in [0.3, 0.4) is 0 Å². The normalized spacial score (nSPS) is 8.25. The maximum absolute atomic E-state index is 3.29. The summed E-state index contributed by atoms with van der Waals surface area (Å²) in [6, 6.07) is 1.96. The molecule has 0 saturated heterocycles. The van der Waals surface area contributed by atoms with Gasteiger partial charge in [0.2, 0.25) is 0 Å². The van der Waals surface area contributed by atoms with Crippen LogP contribution in [-0.4, -0.2) is 0 Å². The fraction of sp³-hybridized carbons (Fsp3) is 0. The summed E-state index contributed by atoms with van der Waals surface area (Å²) in [5, 5.41) is 2.98. The van der Waals surface area contributed by atoms with Crippen LogP contribution in [0.15, 0.2) is 14.3 Å². The fourth-order valence-corrected chi connectivity index (χ4v) is 2.09. The van der Waals surface area contributed by atoms with Crippen molar-refractivity contribution >= 4 is 43.2 Å². The Morgan fingerprint density at radius 3 is 2.25 bits per heavy atom. The monoisotopic (exact) mass is 246 g/mol. The van der Waals surface area contributed by atoms with Gasteiger partial charge in [-0.3, -0.25) is 11.3 Å². The first-order chi connectivity index (χ1) is 3.29. The summed E-state index contributed by atoms with van der Waals surface area (Å²) in [6.45, 7) is 0. The second-order valence-corrected chi connectivity index (χ2v) is 4.08. The fourth-order valence-electron chi connectivity index (χ4n) is 0.256. The number of hydrogen-bond donors (Lipinski definition) is 0. The maximum atomic E-state index is 3.29. The summed E-state index contributed by atoms with van der Waals surface area (Å²) in [5.74, 6) is 0. The minimum Gasteiger partial charge on any atom is -0.288 e. The van der Waals surface area contributed by atoms with Crippen LogP contribution in [0.5, 0.6) is 0 Å². The van der Waals surface area contributed by atoms with Crippen molar-refractivity contribution in [2.75, 3.05) is 0 Å². The van der Waals surface area contributed by atoms with E-state index in [0.717, 1.165) is 8.26 Å². The molecule has 0 saturated carbocycles. The number of halogens is 2. The average molecular weight is 248 g/mol. The predicted molar refractivity (Wildman–Crippen MR) is 38.6 cm³/mol. The topological polar surface area (TPSA) is 0 Å². The Kier molecular flexibility index (Phi) is 4.78. The van der Waals surface area contributed by atoms with Gasteiger partial charge in [-0.25, -0.2) is 0 Å². The Hall–Kier alpha value is 1.26. The van der Waals surface area contributed by atoms with E-state index < -0.39 is 0 Å². The molecular weight excluding hydrogens is 247 g/mol. The molecule has 1 heterocycles. The molecule has 0 amide bonds. The van der Waals surface area contributed by atoms with E-state index in [4.69, 9.17) is 0 Å². The van der Waals surface area contributed by atoms with E-state index in [0.29, 0.717) is 0 Å². The molecule has 1 aromatic heterocycles. The molecular formula is C4HBr2LiS. The second kappa shape index (κ2) is 4.13. The molecule has 0 atom stereocenters.